The SMILES string of the molecule is Cc1ccc(O)c2c1[C@H]1C=CC[C@H]1[C@@H](c1ccccc1)N2. The number of benzene rings is 2. The maximum atomic E-state index is 10.3. The van der Waals surface area contributed by atoms with E-state index in [1.165, 1.54) is 16.7 Å². The second kappa shape index (κ2) is 4.66. The van der Waals surface area contributed by atoms with E-state index in [0.717, 1.165) is 12.1 Å². The highest BCUT2D eigenvalue weighted by atomic mass is 16.3. The molecule has 0 bridgehead atoms. The van der Waals surface area contributed by atoms with Crippen LogP contribution in [0, 0.1) is 12.8 Å². The van der Waals surface area contributed by atoms with Crippen LogP contribution in [-0.4, -0.2) is 5.11 Å². The molecule has 1 aliphatic heterocycles. The van der Waals surface area contributed by atoms with Crippen LogP contribution < -0.4 is 5.32 Å². The molecule has 2 heteroatoms. The molecule has 0 saturated heterocycles. The van der Waals surface area contributed by atoms with Gasteiger partial charge in [0.2, 0.25) is 0 Å². The summed E-state index contributed by atoms with van der Waals surface area (Å²) >= 11 is 0. The summed E-state index contributed by atoms with van der Waals surface area (Å²) in [4.78, 5) is 0. The predicted molar refractivity (Wildman–Crippen MR) is 85.6 cm³/mol. The molecule has 1 heterocycles. The number of anilines is 1. The van der Waals surface area contributed by atoms with E-state index in [1.54, 1.807) is 6.07 Å². The summed E-state index contributed by atoms with van der Waals surface area (Å²) in [6.07, 6.45) is 5.68. The first kappa shape index (κ1) is 12.5. The van der Waals surface area contributed by atoms with Gasteiger partial charge in [-0.25, -0.2) is 0 Å². The number of hydrogen-bond acceptors (Lipinski definition) is 2. The van der Waals surface area contributed by atoms with E-state index in [0.29, 0.717) is 17.6 Å². The van der Waals surface area contributed by atoms with Crippen LogP contribution in [0.25, 0.3) is 0 Å². The molecule has 106 valence electrons. The fourth-order valence-electron chi connectivity index (χ4n) is 3.87. The molecule has 2 N–H and O–H groups in total. The summed E-state index contributed by atoms with van der Waals surface area (Å²) < 4.78 is 0. The normalized spacial score (nSPS) is 26.0. The molecule has 2 aliphatic rings. The lowest BCUT2D eigenvalue weighted by Gasteiger charge is -2.38. The summed E-state index contributed by atoms with van der Waals surface area (Å²) in [5.41, 5.74) is 4.73. The van der Waals surface area contributed by atoms with E-state index in [4.69, 9.17) is 0 Å². The van der Waals surface area contributed by atoms with Gasteiger partial charge in [0.1, 0.15) is 5.75 Å². The van der Waals surface area contributed by atoms with E-state index in [-0.39, 0.29) is 6.04 Å². The molecule has 0 spiro atoms. The molecule has 21 heavy (non-hydrogen) atoms. The molecule has 0 unspecified atom stereocenters. The van der Waals surface area contributed by atoms with Gasteiger partial charge in [-0.3, -0.25) is 0 Å². The van der Waals surface area contributed by atoms with Crippen LogP contribution in [-0.2, 0) is 0 Å². The van der Waals surface area contributed by atoms with E-state index in [1.807, 2.05) is 12.1 Å². The summed E-state index contributed by atoms with van der Waals surface area (Å²) in [7, 11) is 0. The second-order valence-electron chi connectivity index (χ2n) is 6.08. The molecule has 2 nitrogen and oxygen atoms in total. The van der Waals surface area contributed by atoms with E-state index in [9.17, 15) is 5.11 Å². The number of hydrogen-bond donors (Lipinski definition) is 2. The number of nitrogens with one attached hydrogen (secondary N) is 1. The number of phenols is 1. The highest BCUT2D eigenvalue weighted by Gasteiger charge is 2.39. The molecular formula is C19H19NO. The Labute approximate surface area is 125 Å². The Morgan fingerprint density at radius 2 is 1.90 bits per heavy atom. The summed E-state index contributed by atoms with van der Waals surface area (Å²) in [6.45, 7) is 2.13. The van der Waals surface area contributed by atoms with Crippen LogP contribution in [0.3, 0.4) is 0 Å². The zero-order valence-corrected chi connectivity index (χ0v) is 12.1. The van der Waals surface area contributed by atoms with Crippen molar-refractivity contribution in [3.63, 3.8) is 0 Å². The van der Waals surface area contributed by atoms with Crippen molar-refractivity contribution in [1.82, 2.24) is 0 Å². The second-order valence-corrected chi connectivity index (χ2v) is 6.08. The third-order valence-corrected chi connectivity index (χ3v) is 4.87. The lowest BCUT2D eigenvalue weighted by atomic mass is 9.75. The summed E-state index contributed by atoms with van der Waals surface area (Å²) in [5.74, 6) is 1.29. The quantitative estimate of drug-likeness (QED) is 0.593. The molecule has 3 atom stereocenters. The van der Waals surface area contributed by atoms with Crippen LogP contribution in [0.2, 0.25) is 0 Å². The van der Waals surface area contributed by atoms with Crippen molar-refractivity contribution in [2.24, 2.45) is 5.92 Å². The largest absolute Gasteiger partial charge is 0.506 e. The van der Waals surface area contributed by atoms with Crippen LogP contribution in [0.15, 0.2) is 54.6 Å². The monoisotopic (exact) mass is 277 g/mol. The molecule has 0 fully saturated rings. The Kier molecular flexibility index (Phi) is 2.78. The molecule has 4 rings (SSSR count). The van der Waals surface area contributed by atoms with Crippen molar-refractivity contribution in [3.05, 3.63) is 71.3 Å². The predicted octanol–water partition coefficient (Wildman–Crippen LogP) is 4.53. The molecule has 0 aromatic heterocycles. The first-order valence-electron chi connectivity index (χ1n) is 7.56. The lowest BCUT2D eigenvalue weighted by Crippen LogP contribution is -2.29. The zero-order valence-electron chi connectivity index (χ0n) is 12.1. The van der Waals surface area contributed by atoms with Gasteiger partial charge in [0.15, 0.2) is 0 Å². The number of allylic oxidation sites excluding steroid dienone is 2. The molecule has 1 aliphatic carbocycles. The number of aromatic hydroxyl groups is 1. The van der Waals surface area contributed by atoms with Gasteiger partial charge < -0.3 is 10.4 Å². The van der Waals surface area contributed by atoms with E-state index < -0.39 is 0 Å². The minimum Gasteiger partial charge on any atom is -0.506 e. The maximum absolute atomic E-state index is 10.3. The Morgan fingerprint density at radius 3 is 2.71 bits per heavy atom. The molecule has 0 saturated carbocycles. The van der Waals surface area contributed by atoms with Gasteiger partial charge >= 0.3 is 0 Å². The highest BCUT2D eigenvalue weighted by molar-refractivity contribution is 5.69. The standard InChI is InChI=1S/C19H19NO/c1-12-10-11-16(21)19-17(12)14-8-5-9-15(14)18(20-19)13-6-3-2-4-7-13/h2-8,10-11,14-15,18,20-21H,9H2,1H3/t14-,15+,18+/m0/s1. The van der Waals surface area contributed by atoms with Crippen molar-refractivity contribution in [3.8, 4) is 5.75 Å². The third-order valence-electron chi connectivity index (χ3n) is 4.87. The molecule has 2 aromatic rings. The first-order chi connectivity index (χ1) is 10.3. The Hall–Kier alpha value is -2.22. The van der Waals surface area contributed by atoms with Gasteiger partial charge in [-0.1, -0.05) is 48.6 Å². The van der Waals surface area contributed by atoms with Crippen molar-refractivity contribution < 1.29 is 5.11 Å². The van der Waals surface area contributed by atoms with Gasteiger partial charge in [0, 0.05) is 5.92 Å². The molecule has 0 radical (unpaired) electrons. The third kappa shape index (κ3) is 1.86. The molecular weight excluding hydrogens is 258 g/mol. The van der Waals surface area contributed by atoms with Gasteiger partial charge in [0.05, 0.1) is 11.7 Å². The van der Waals surface area contributed by atoms with Gasteiger partial charge in [-0.15, -0.1) is 0 Å². The first-order valence-corrected chi connectivity index (χ1v) is 7.56. The topological polar surface area (TPSA) is 32.3 Å². The van der Waals surface area contributed by atoms with Crippen LogP contribution in [0.1, 0.15) is 35.1 Å². The fraction of sp³-hybridized carbons (Fsp3) is 0.263. The highest BCUT2D eigenvalue weighted by Crippen LogP contribution is 2.52. The van der Waals surface area contributed by atoms with Gasteiger partial charge in [-0.05, 0) is 42.0 Å². The van der Waals surface area contributed by atoms with Crippen molar-refractivity contribution in [2.45, 2.75) is 25.3 Å². The summed E-state index contributed by atoms with van der Waals surface area (Å²) in [6, 6.07) is 14.6. The van der Waals surface area contributed by atoms with E-state index >= 15 is 0 Å². The van der Waals surface area contributed by atoms with Gasteiger partial charge in [-0.2, -0.15) is 0 Å². The van der Waals surface area contributed by atoms with Crippen LogP contribution >= 0.6 is 0 Å². The zero-order chi connectivity index (χ0) is 14.4. The van der Waals surface area contributed by atoms with Crippen molar-refractivity contribution in [1.29, 1.82) is 0 Å². The minimum atomic E-state index is 0.256. The Balaban J connectivity index is 1.86. The van der Waals surface area contributed by atoms with Crippen molar-refractivity contribution in [2.75, 3.05) is 5.32 Å². The van der Waals surface area contributed by atoms with E-state index in [2.05, 4.69) is 48.7 Å². The lowest BCUT2D eigenvalue weighted by molar-refractivity contribution is 0.414. The molecule has 0 amide bonds. The number of fused-ring (bicyclic) bond motifs is 3. The summed E-state index contributed by atoms with van der Waals surface area (Å²) in [5, 5.41) is 13.9. The Morgan fingerprint density at radius 1 is 1.10 bits per heavy atom. The molecule has 2 aromatic carbocycles. The Bertz CT molecular complexity index is 705. The van der Waals surface area contributed by atoms with Crippen molar-refractivity contribution >= 4 is 5.69 Å². The maximum Gasteiger partial charge on any atom is 0.139 e. The fourth-order valence-corrected chi connectivity index (χ4v) is 3.87. The smallest absolute Gasteiger partial charge is 0.139 e. The minimum absolute atomic E-state index is 0.256. The van der Waals surface area contributed by atoms with Crippen LogP contribution in [0.5, 0.6) is 5.75 Å². The number of rotatable bonds is 1. The average Bonchev–Trinajstić information content (AvgIpc) is 3.00. The van der Waals surface area contributed by atoms with Gasteiger partial charge in [0.25, 0.3) is 0 Å². The average molecular weight is 277 g/mol. The number of aryl methyl sites for hydroxylation is 1. The number of phenolic OH excluding ortho intramolecular Hbond substituents is 1. The van der Waals surface area contributed by atoms with Crippen LogP contribution in [0.4, 0.5) is 5.69 Å².